The van der Waals surface area contributed by atoms with E-state index in [-0.39, 0.29) is 12.1 Å². The second-order valence-corrected chi connectivity index (χ2v) is 5.71. The number of nitrogens with one attached hydrogen (secondary N) is 2. The zero-order valence-corrected chi connectivity index (χ0v) is 12.8. The van der Waals surface area contributed by atoms with Crippen LogP contribution in [-0.2, 0) is 6.54 Å². The van der Waals surface area contributed by atoms with Gasteiger partial charge in [0, 0.05) is 4.88 Å². The quantitative estimate of drug-likeness (QED) is 0.907. The van der Waals surface area contributed by atoms with Gasteiger partial charge >= 0.3 is 6.03 Å². The SMILES string of the molecule is Cc1ccccc1C(C)NC(=O)NCc1scnc1C. The number of nitrogens with zero attached hydrogens (tertiary/aromatic N) is 1. The first-order valence-corrected chi connectivity index (χ1v) is 7.44. The number of urea groups is 1. The van der Waals surface area contributed by atoms with Gasteiger partial charge in [0.1, 0.15) is 0 Å². The summed E-state index contributed by atoms with van der Waals surface area (Å²) in [6.45, 7) is 6.50. The summed E-state index contributed by atoms with van der Waals surface area (Å²) in [5.41, 5.74) is 5.08. The van der Waals surface area contributed by atoms with Crippen molar-refractivity contribution in [3.8, 4) is 0 Å². The van der Waals surface area contributed by atoms with E-state index in [9.17, 15) is 4.79 Å². The molecule has 5 heteroatoms. The van der Waals surface area contributed by atoms with Crippen LogP contribution in [0.5, 0.6) is 0 Å². The topological polar surface area (TPSA) is 54.0 Å². The van der Waals surface area contributed by atoms with Crippen molar-refractivity contribution in [1.29, 1.82) is 0 Å². The molecule has 1 atom stereocenters. The van der Waals surface area contributed by atoms with Crippen molar-refractivity contribution in [1.82, 2.24) is 15.6 Å². The average molecular weight is 289 g/mol. The van der Waals surface area contributed by atoms with Gasteiger partial charge in [0.05, 0.1) is 23.8 Å². The minimum Gasteiger partial charge on any atom is -0.333 e. The van der Waals surface area contributed by atoms with Crippen LogP contribution in [0, 0.1) is 13.8 Å². The van der Waals surface area contributed by atoms with E-state index in [1.807, 2.05) is 45.0 Å². The maximum Gasteiger partial charge on any atom is 0.315 e. The highest BCUT2D eigenvalue weighted by molar-refractivity contribution is 7.09. The lowest BCUT2D eigenvalue weighted by Crippen LogP contribution is -2.36. The second kappa shape index (κ2) is 6.52. The van der Waals surface area contributed by atoms with Gasteiger partial charge in [-0.15, -0.1) is 11.3 Å². The van der Waals surface area contributed by atoms with Crippen molar-refractivity contribution in [3.63, 3.8) is 0 Å². The number of aryl methyl sites for hydroxylation is 2. The van der Waals surface area contributed by atoms with Gasteiger partial charge in [-0.1, -0.05) is 24.3 Å². The predicted octanol–water partition coefficient (Wildman–Crippen LogP) is 3.32. The molecule has 0 saturated carbocycles. The van der Waals surface area contributed by atoms with E-state index in [1.165, 1.54) is 5.56 Å². The maximum atomic E-state index is 11.9. The monoisotopic (exact) mass is 289 g/mol. The molecule has 0 spiro atoms. The van der Waals surface area contributed by atoms with Crippen molar-refractivity contribution in [2.45, 2.75) is 33.4 Å². The minimum absolute atomic E-state index is 0.0150. The molecule has 1 aromatic heterocycles. The molecule has 0 saturated heterocycles. The average Bonchev–Trinajstić information content (AvgIpc) is 2.82. The van der Waals surface area contributed by atoms with Crippen LogP contribution in [0.3, 0.4) is 0 Å². The molecule has 2 N–H and O–H groups in total. The van der Waals surface area contributed by atoms with Gasteiger partial charge in [-0.2, -0.15) is 0 Å². The molecule has 2 aromatic rings. The number of hydrogen-bond donors (Lipinski definition) is 2. The fraction of sp³-hybridized carbons (Fsp3) is 0.333. The Balaban J connectivity index is 1.88. The van der Waals surface area contributed by atoms with Gasteiger partial charge in [-0.25, -0.2) is 9.78 Å². The van der Waals surface area contributed by atoms with Gasteiger partial charge < -0.3 is 10.6 Å². The largest absolute Gasteiger partial charge is 0.333 e. The molecule has 106 valence electrons. The Bertz CT molecular complexity index is 594. The Morgan fingerprint density at radius 3 is 2.75 bits per heavy atom. The number of carbonyl (C=O) groups excluding carboxylic acids is 1. The number of amides is 2. The third-order valence-corrected chi connectivity index (χ3v) is 4.19. The Morgan fingerprint density at radius 1 is 1.35 bits per heavy atom. The van der Waals surface area contributed by atoms with Crippen molar-refractivity contribution >= 4 is 17.4 Å². The number of rotatable bonds is 4. The lowest BCUT2D eigenvalue weighted by Gasteiger charge is -2.17. The number of aromatic nitrogens is 1. The van der Waals surface area contributed by atoms with E-state index >= 15 is 0 Å². The number of hydrogen-bond acceptors (Lipinski definition) is 3. The summed E-state index contributed by atoms with van der Waals surface area (Å²) in [6.07, 6.45) is 0. The molecule has 0 aliphatic heterocycles. The highest BCUT2D eigenvalue weighted by Gasteiger charge is 2.11. The first-order valence-electron chi connectivity index (χ1n) is 6.56. The van der Waals surface area contributed by atoms with Crippen LogP contribution in [0.1, 0.15) is 34.7 Å². The smallest absolute Gasteiger partial charge is 0.315 e. The molecule has 0 aliphatic carbocycles. The third kappa shape index (κ3) is 3.57. The summed E-state index contributed by atoms with van der Waals surface area (Å²) >= 11 is 1.56. The van der Waals surface area contributed by atoms with E-state index < -0.39 is 0 Å². The second-order valence-electron chi connectivity index (χ2n) is 4.77. The molecule has 20 heavy (non-hydrogen) atoms. The molecule has 0 aliphatic rings. The molecule has 0 radical (unpaired) electrons. The highest BCUT2D eigenvalue weighted by Crippen LogP contribution is 2.16. The summed E-state index contributed by atoms with van der Waals surface area (Å²) in [7, 11) is 0. The number of thiazole rings is 1. The zero-order chi connectivity index (χ0) is 14.5. The molecule has 0 fully saturated rings. The van der Waals surface area contributed by atoms with Crippen LogP contribution in [-0.4, -0.2) is 11.0 Å². The summed E-state index contributed by atoms with van der Waals surface area (Å²) < 4.78 is 0. The van der Waals surface area contributed by atoms with E-state index in [4.69, 9.17) is 0 Å². The van der Waals surface area contributed by atoms with Crippen LogP contribution < -0.4 is 10.6 Å². The first kappa shape index (κ1) is 14.5. The molecule has 2 amide bonds. The zero-order valence-electron chi connectivity index (χ0n) is 11.9. The van der Waals surface area contributed by atoms with Crippen molar-refractivity contribution < 1.29 is 4.79 Å². The first-order chi connectivity index (χ1) is 9.58. The molecule has 1 heterocycles. The van der Waals surface area contributed by atoms with E-state index in [0.717, 1.165) is 16.1 Å². The number of benzene rings is 1. The van der Waals surface area contributed by atoms with Crippen molar-refractivity contribution in [2.24, 2.45) is 0 Å². The van der Waals surface area contributed by atoms with Crippen LogP contribution in [0.15, 0.2) is 29.8 Å². The normalized spacial score (nSPS) is 11.9. The summed E-state index contributed by atoms with van der Waals surface area (Å²) in [5, 5.41) is 5.82. The van der Waals surface area contributed by atoms with E-state index in [1.54, 1.807) is 16.8 Å². The summed E-state index contributed by atoms with van der Waals surface area (Å²) in [6, 6.07) is 7.89. The van der Waals surface area contributed by atoms with E-state index in [0.29, 0.717) is 6.54 Å². The molecular formula is C15H19N3OS. The summed E-state index contributed by atoms with van der Waals surface area (Å²) in [5.74, 6) is 0. The van der Waals surface area contributed by atoms with Gasteiger partial charge in [0.2, 0.25) is 0 Å². The van der Waals surface area contributed by atoms with Gasteiger partial charge in [0.15, 0.2) is 0 Å². The van der Waals surface area contributed by atoms with Gasteiger partial charge in [-0.3, -0.25) is 0 Å². The van der Waals surface area contributed by atoms with Crippen LogP contribution in [0.2, 0.25) is 0 Å². The molecule has 4 nitrogen and oxygen atoms in total. The van der Waals surface area contributed by atoms with Crippen LogP contribution in [0.4, 0.5) is 4.79 Å². The van der Waals surface area contributed by atoms with Crippen LogP contribution >= 0.6 is 11.3 Å². The fourth-order valence-electron chi connectivity index (χ4n) is 2.05. The van der Waals surface area contributed by atoms with Crippen molar-refractivity contribution in [2.75, 3.05) is 0 Å². The third-order valence-electron chi connectivity index (χ3n) is 3.26. The highest BCUT2D eigenvalue weighted by atomic mass is 32.1. The van der Waals surface area contributed by atoms with Gasteiger partial charge in [-0.05, 0) is 31.9 Å². The maximum absolute atomic E-state index is 11.9. The molecule has 1 unspecified atom stereocenters. The van der Waals surface area contributed by atoms with E-state index in [2.05, 4.69) is 15.6 Å². The molecule has 0 bridgehead atoms. The van der Waals surface area contributed by atoms with Crippen molar-refractivity contribution in [3.05, 3.63) is 51.5 Å². The van der Waals surface area contributed by atoms with Gasteiger partial charge in [0.25, 0.3) is 0 Å². The molecule has 1 aromatic carbocycles. The number of carbonyl (C=O) groups is 1. The Kier molecular flexibility index (Phi) is 4.74. The fourth-order valence-corrected chi connectivity index (χ4v) is 2.77. The Hall–Kier alpha value is -1.88. The standard InChI is InChI=1S/C15H19N3OS/c1-10-6-4-5-7-13(10)11(2)18-15(19)16-8-14-12(3)17-9-20-14/h4-7,9,11H,8H2,1-3H3,(H2,16,18,19). The molecule has 2 rings (SSSR count). The van der Waals surface area contributed by atoms with Crippen LogP contribution in [0.25, 0.3) is 0 Å². The Labute approximate surface area is 123 Å². The molecular weight excluding hydrogens is 270 g/mol. The summed E-state index contributed by atoms with van der Waals surface area (Å²) in [4.78, 5) is 17.2. The minimum atomic E-state index is -0.159. The lowest BCUT2D eigenvalue weighted by atomic mass is 10.0. The Morgan fingerprint density at radius 2 is 2.10 bits per heavy atom. The predicted molar refractivity (Wildman–Crippen MR) is 81.8 cm³/mol. The lowest BCUT2D eigenvalue weighted by molar-refractivity contribution is 0.237.